The van der Waals surface area contributed by atoms with Crippen LogP contribution >= 0.6 is 15.9 Å². The number of benzene rings is 4. The maximum atomic E-state index is 13.8. The molecule has 0 unspecified atom stereocenters. The number of rotatable bonds is 6. The summed E-state index contributed by atoms with van der Waals surface area (Å²) in [7, 11) is 0. The average Bonchev–Trinajstić information content (AvgIpc) is 2.89. The predicted octanol–water partition coefficient (Wildman–Crippen LogP) is 8.73. The molecule has 1 amide bonds. The molecule has 1 aromatic heterocycles. The second kappa shape index (κ2) is 10.8. The molecule has 0 spiro atoms. The van der Waals surface area contributed by atoms with E-state index in [1.165, 1.54) is 0 Å². The Morgan fingerprint density at radius 3 is 2.32 bits per heavy atom. The summed E-state index contributed by atoms with van der Waals surface area (Å²) in [5.41, 5.74) is 9.06. The van der Waals surface area contributed by atoms with E-state index in [0.29, 0.717) is 12.2 Å². The van der Waals surface area contributed by atoms with Crippen molar-refractivity contribution in [2.75, 3.05) is 5.32 Å². The van der Waals surface area contributed by atoms with E-state index < -0.39 is 0 Å². The molecule has 0 saturated carbocycles. The molecular weight excluding hydrogens is 536 g/mol. The summed E-state index contributed by atoms with van der Waals surface area (Å²) in [5, 5.41) is 4.00. The van der Waals surface area contributed by atoms with Crippen molar-refractivity contribution in [3.8, 4) is 17.0 Å². The minimum atomic E-state index is -0.144. The van der Waals surface area contributed by atoms with Gasteiger partial charge in [-0.05, 0) is 98.5 Å². The third kappa shape index (κ3) is 5.34. The summed E-state index contributed by atoms with van der Waals surface area (Å²) >= 11 is 3.50. The van der Waals surface area contributed by atoms with Gasteiger partial charge in [0.1, 0.15) is 12.4 Å². The summed E-state index contributed by atoms with van der Waals surface area (Å²) < 4.78 is 6.95. The number of anilines is 1. The fourth-order valence-electron chi connectivity index (χ4n) is 4.79. The van der Waals surface area contributed by atoms with Crippen LogP contribution in [0.3, 0.4) is 0 Å². The van der Waals surface area contributed by atoms with Crippen molar-refractivity contribution < 1.29 is 9.53 Å². The molecule has 38 heavy (non-hydrogen) atoms. The summed E-state index contributed by atoms with van der Waals surface area (Å²) in [6, 6.07) is 28.0. The quantitative estimate of drug-likeness (QED) is 0.224. The number of halogens is 1. The predicted molar refractivity (Wildman–Crippen MR) is 159 cm³/mol. The van der Waals surface area contributed by atoms with Crippen LogP contribution in [0.1, 0.15) is 38.2 Å². The number of carbonyl (C=O) groups excluding carboxylic acids is 1. The first-order valence-corrected chi connectivity index (χ1v) is 13.4. The van der Waals surface area contributed by atoms with Gasteiger partial charge in [-0.3, -0.25) is 4.79 Å². The van der Waals surface area contributed by atoms with Crippen molar-refractivity contribution in [3.63, 3.8) is 0 Å². The number of amides is 1. The smallest absolute Gasteiger partial charge is 0.256 e. The van der Waals surface area contributed by atoms with Gasteiger partial charge in [0.25, 0.3) is 5.91 Å². The number of pyridine rings is 1. The Kier molecular flexibility index (Phi) is 7.30. The van der Waals surface area contributed by atoms with Gasteiger partial charge in [-0.15, -0.1) is 0 Å². The Morgan fingerprint density at radius 1 is 0.868 bits per heavy atom. The zero-order valence-corrected chi connectivity index (χ0v) is 23.5. The number of fused-ring (bicyclic) bond motifs is 1. The van der Waals surface area contributed by atoms with Gasteiger partial charge in [0.05, 0.1) is 16.8 Å². The van der Waals surface area contributed by atoms with Crippen LogP contribution < -0.4 is 10.1 Å². The second-order valence-electron chi connectivity index (χ2n) is 9.65. The lowest BCUT2D eigenvalue weighted by molar-refractivity contribution is 0.102. The van der Waals surface area contributed by atoms with Crippen LogP contribution in [-0.4, -0.2) is 10.9 Å². The molecule has 0 aliphatic rings. The van der Waals surface area contributed by atoms with Gasteiger partial charge >= 0.3 is 0 Å². The average molecular weight is 566 g/mol. The van der Waals surface area contributed by atoms with E-state index in [9.17, 15) is 4.79 Å². The van der Waals surface area contributed by atoms with Crippen molar-refractivity contribution in [2.45, 2.75) is 34.3 Å². The van der Waals surface area contributed by atoms with Crippen molar-refractivity contribution >= 4 is 38.4 Å². The molecule has 1 N–H and O–H groups in total. The highest BCUT2D eigenvalue weighted by molar-refractivity contribution is 9.10. The van der Waals surface area contributed by atoms with Gasteiger partial charge in [-0.1, -0.05) is 57.9 Å². The monoisotopic (exact) mass is 564 g/mol. The minimum absolute atomic E-state index is 0.144. The van der Waals surface area contributed by atoms with Crippen LogP contribution in [0.4, 0.5) is 5.69 Å². The third-order valence-electron chi connectivity index (χ3n) is 6.71. The SMILES string of the molecule is Cc1cc(C)c2nc(-c3ccc(OCc4ccccc4)cc3)c(C)c(C(=O)Nc3ccc(Br)cc3C)c2c1. The molecular formula is C33H29BrN2O2. The highest BCUT2D eigenvalue weighted by Crippen LogP contribution is 2.33. The van der Waals surface area contributed by atoms with Crippen molar-refractivity contribution in [1.82, 2.24) is 4.98 Å². The van der Waals surface area contributed by atoms with Crippen LogP contribution in [-0.2, 0) is 6.61 Å². The molecule has 5 aromatic rings. The van der Waals surface area contributed by atoms with E-state index in [1.807, 2.05) is 100 Å². The molecule has 0 fully saturated rings. The van der Waals surface area contributed by atoms with Crippen molar-refractivity contribution in [1.29, 1.82) is 0 Å². The van der Waals surface area contributed by atoms with E-state index in [2.05, 4.69) is 33.4 Å². The molecule has 4 nitrogen and oxygen atoms in total. The van der Waals surface area contributed by atoms with E-state index in [4.69, 9.17) is 9.72 Å². The van der Waals surface area contributed by atoms with Crippen LogP contribution in [0.5, 0.6) is 5.75 Å². The van der Waals surface area contributed by atoms with E-state index >= 15 is 0 Å². The van der Waals surface area contributed by atoms with Crippen LogP contribution in [0.25, 0.3) is 22.2 Å². The zero-order valence-electron chi connectivity index (χ0n) is 21.9. The molecule has 190 valence electrons. The third-order valence-corrected chi connectivity index (χ3v) is 7.20. The van der Waals surface area contributed by atoms with E-state index in [1.54, 1.807) is 0 Å². The fraction of sp³-hybridized carbons (Fsp3) is 0.152. The standard InChI is InChI=1S/C33H29BrN2O2/c1-20-16-22(3)31-28(17-20)30(33(37)35-29-15-12-26(34)18-21(29)2)23(4)32(36-31)25-10-13-27(14-11-25)38-19-24-8-6-5-7-9-24/h5-18H,19H2,1-4H3,(H,35,37). The zero-order chi connectivity index (χ0) is 26.8. The fourth-order valence-corrected chi connectivity index (χ4v) is 5.27. The number of aryl methyl sites for hydroxylation is 3. The van der Waals surface area contributed by atoms with E-state index in [0.717, 1.165) is 65.9 Å². The lowest BCUT2D eigenvalue weighted by Crippen LogP contribution is -2.16. The van der Waals surface area contributed by atoms with Gasteiger partial charge in [-0.2, -0.15) is 0 Å². The molecule has 0 radical (unpaired) electrons. The second-order valence-corrected chi connectivity index (χ2v) is 10.6. The maximum Gasteiger partial charge on any atom is 0.256 e. The van der Waals surface area contributed by atoms with Crippen LogP contribution in [0.2, 0.25) is 0 Å². The van der Waals surface area contributed by atoms with Gasteiger partial charge in [0, 0.05) is 21.1 Å². The summed E-state index contributed by atoms with van der Waals surface area (Å²) in [6.07, 6.45) is 0. The number of ether oxygens (including phenoxy) is 1. The molecule has 0 bridgehead atoms. The number of carbonyl (C=O) groups is 1. The number of nitrogens with one attached hydrogen (secondary N) is 1. The molecule has 0 aliphatic heterocycles. The molecule has 5 heteroatoms. The first-order chi connectivity index (χ1) is 18.3. The number of nitrogens with zero attached hydrogens (tertiary/aromatic N) is 1. The Bertz CT molecular complexity index is 1640. The number of hydrogen-bond acceptors (Lipinski definition) is 3. The van der Waals surface area contributed by atoms with Gasteiger partial charge in [0.2, 0.25) is 0 Å². The normalized spacial score (nSPS) is 11.0. The lowest BCUT2D eigenvalue weighted by atomic mass is 9.94. The topological polar surface area (TPSA) is 51.2 Å². The molecule has 0 aliphatic carbocycles. The molecule has 0 saturated heterocycles. The Morgan fingerprint density at radius 2 is 1.61 bits per heavy atom. The van der Waals surface area contributed by atoms with Gasteiger partial charge in [-0.25, -0.2) is 4.98 Å². The summed E-state index contributed by atoms with van der Waals surface area (Å²) in [5.74, 6) is 0.640. The molecule has 1 heterocycles. The maximum absolute atomic E-state index is 13.8. The molecule has 0 atom stereocenters. The first-order valence-electron chi connectivity index (χ1n) is 12.6. The first kappa shape index (κ1) is 25.7. The highest BCUT2D eigenvalue weighted by atomic mass is 79.9. The summed E-state index contributed by atoms with van der Waals surface area (Å²) in [6.45, 7) is 8.56. The molecule has 5 rings (SSSR count). The van der Waals surface area contributed by atoms with Crippen LogP contribution in [0.15, 0.2) is 89.4 Å². The Labute approximate surface area is 231 Å². The van der Waals surface area contributed by atoms with Crippen molar-refractivity contribution in [2.24, 2.45) is 0 Å². The largest absolute Gasteiger partial charge is 0.489 e. The number of hydrogen-bond donors (Lipinski definition) is 1. The van der Waals surface area contributed by atoms with Gasteiger partial charge in [0.15, 0.2) is 0 Å². The Hall–Kier alpha value is -3.96. The lowest BCUT2D eigenvalue weighted by Gasteiger charge is -2.17. The minimum Gasteiger partial charge on any atom is -0.489 e. The molecule has 4 aromatic carbocycles. The van der Waals surface area contributed by atoms with E-state index in [-0.39, 0.29) is 5.91 Å². The van der Waals surface area contributed by atoms with Crippen LogP contribution in [0, 0.1) is 27.7 Å². The number of aromatic nitrogens is 1. The van der Waals surface area contributed by atoms with Crippen molar-refractivity contribution in [3.05, 3.63) is 123 Å². The summed E-state index contributed by atoms with van der Waals surface area (Å²) in [4.78, 5) is 18.9. The Balaban J connectivity index is 1.54. The van der Waals surface area contributed by atoms with Gasteiger partial charge < -0.3 is 10.1 Å². The highest BCUT2D eigenvalue weighted by Gasteiger charge is 2.21.